The number of rotatable bonds is 2. The molecule has 2 aromatic rings. The van der Waals surface area contributed by atoms with Crippen molar-refractivity contribution >= 4 is 29.3 Å². The molecule has 4 nitrogen and oxygen atoms in total. The third kappa shape index (κ3) is 2.08. The number of carbonyl (C=O) groups is 1. The maximum absolute atomic E-state index is 11.7. The summed E-state index contributed by atoms with van der Waals surface area (Å²) in [5.74, 6) is -0.0822. The minimum absolute atomic E-state index is 0.275. The molecule has 88 valence electrons. The molecule has 18 heavy (non-hydrogen) atoms. The fraction of sp³-hybridized carbons (Fsp3) is 0. The number of hydrogen-bond donors (Lipinski definition) is 0. The van der Waals surface area contributed by atoms with Crippen molar-refractivity contribution < 1.29 is 9.53 Å². The van der Waals surface area contributed by atoms with Gasteiger partial charge in [0.25, 0.3) is 0 Å². The zero-order valence-corrected chi connectivity index (χ0v) is 10.1. The first-order chi connectivity index (χ1) is 8.83. The lowest BCUT2D eigenvalue weighted by Gasteiger charge is -1.92. The summed E-state index contributed by atoms with van der Waals surface area (Å²) in [6.45, 7) is 0. The van der Waals surface area contributed by atoms with Crippen LogP contribution in [0.2, 0.25) is 0 Å². The van der Waals surface area contributed by atoms with Crippen LogP contribution >= 0.6 is 11.3 Å². The van der Waals surface area contributed by atoms with Crippen LogP contribution in [-0.2, 0) is 9.53 Å². The molecule has 2 aromatic heterocycles. The standard InChI is InChI=1S/C13H8N2O2S/c16-13-10(8-9-4-1-2-6-14-9)15-12(17-13)11-5-3-7-18-11/h1-8H/b10-8+. The van der Waals surface area contributed by atoms with Gasteiger partial charge in [-0.15, -0.1) is 11.3 Å². The van der Waals surface area contributed by atoms with Gasteiger partial charge in [0, 0.05) is 6.20 Å². The normalized spacial score (nSPS) is 16.8. The van der Waals surface area contributed by atoms with Crippen LogP contribution < -0.4 is 0 Å². The fourth-order valence-electron chi connectivity index (χ4n) is 1.52. The van der Waals surface area contributed by atoms with Gasteiger partial charge >= 0.3 is 5.97 Å². The van der Waals surface area contributed by atoms with Gasteiger partial charge < -0.3 is 4.74 Å². The summed E-state index contributed by atoms with van der Waals surface area (Å²) in [7, 11) is 0. The summed E-state index contributed by atoms with van der Waals surface area (Å²) < 4.78 is 5.12. The van der Waals surface area contributed by atoms with Gasteiger partial charge in [-0.1, -0.05) is 12.1 Å². The van der Waals surface area contributed by atoms with Crippen LogP contribution in [0.4, 0.5) is 0 Å². The van der Waals surface area contributed by atoms with Gasteiger partial charge in [-0.25, -0.2) is 9.79 Å². The number of esters is 1. The van der Waals surface area contributed by atoms with Gasteiger partial charge in [-0.3, -0.25) is 4.98 Å². The van der Waals surface area contributed by atoms with E-state index in [1.807, 2.05) is 29.6 Å². The summed E-state index contributed by atoms with van der Waals surface area (Å²) in [5.41, 5.74) is 0.956. The van der Waals surface area contributed by atoms with Crippen molar-refractivity contribution in [2.45, 2.75) is 0 Å². The van der Waals surface area contributed by atoms with E-state index in [1.54, 1.807) is 18.3 Å². The molecule has 1 aliphatic heterocycles. The molecular weight excluding hydrogens is 248 g/mol. The minimum atomic E-state index is -0.441. The van der Waals surface area contributed by atoms with Gasteiger partial charge in [0.15, 0.2) is 5.70 Å². The van der Waals surface area contributed by atoms with Crippen LogP contribution in [0.15, 0.2) is 52.6 Å². The predicted molar refractivity (Wildman–Crippen MR) is 69.2 cm³/mol. The van der Waals surface area contributed by atoms with E-state index < -0.39 is 5.97 Å². The van der Waals surface area contributed by atoms with Gasteiger partial charge in [-0.05, 0) is 29.7 Å². The van der Waals surface area contributed by atoms with Crippen LogP contribution in [0.5, 0.6) is 0 Å². The highest BCUT2D eigenvalue weighted by molar-refractivity contribution is 7.12. The molecule has 0 aromatic carbocycles. The molecule has 0 N–H and O–H groups in total. The van der Waals surface area contributed by atoms with E-state index in [0.29, 0.717) is 11.6 Å². The molecule has 3 heterocycles. The second-order valence-electron chi connectivity index (χ2n) is 3.57. The monoisotopic (exact) mass is 256 g/mol. The van der Waals surface area contributed by atoms with Crippen molar-refractivity contribution in [3.8, 4) is 0 Å². The first-order valence-electron chi connectivity index (χ1n) is 5.30. The Morgan fingerprint density at radius 2 is 2.17 bits per heavy atom. The quantitative estimate of drug-likeness (QED) is 0.612. The summed E-state index contributed by atoms with van der Waals surface area (Å²) >= 11 is 1.48. The van der Waals surface area contributed by atoms with Crippen molar-refractivity contribution in [2.75, 3.05) is 0 Å². The molecule has 0 fully saturated rings. The maximum Gasteiger partial charge on any atom is 0.363 e. The molecule has 3 rings (SSSR count). The summed E-state index contributed by atoms with van der Waals surface area (Å²) in [6, 6.07) is 9.22. The highest BCUT2D eigenvalue weighted by Crippen LogP contribution is 2.20. The molecule has 0 atom stereocenters. The van der Waals surface area contributed by atoms with Gasteiger partial charge in [0.05, 0.1) is 10.6 Å². The molecule has 0 aliphatic carbocycles. The lowest BCUT2D eigenvalue weighted by Crippen LogP contribution is -2.03. The Balaban J connectivity index is 1.94. The van der Waals surface area contributed by atoms with Crippen molar-refractivity contribution in [1.29, 1.82) is 0 Å². The maximum atomic E-state index is 11.7. The number of aromatic nitrogens is 1. The molecule has 0 unspecified atom stereocenters. The summed E-state index contributed by atoms with van der Waals surface area (Å²) in [5, 5.41) is 1.91. The van der Waals surface area contributed by atoms with Crippen molar-refractivity contribution in [2.24, 2.45) is 4.99 Å². The molecule has 0 bridgehead atoms. The molecule has 0 saturated carbocycles. The van der Waals surface area contributed by atoms with E-state index in [-0.39, 0.29) is 5.70 Å². The van der Waals surface area contributed by atoms with E-state index in [4.69, 9.17) is 4.74 Å². The SMILES string of the molecule is O=C1OC(c2cccs2)=N/C1=C/c1ccccn1. The number of carbonyl (C=O) groups excluding carboxylic acids is 1. The molecule has 0 amide bonds. The average Bonchev–Trinajstić information content (AvgIpc) is 3.01. The number of pyridine rings is 1. The van der Waals surface area contributed by atoms with E-state index in [9.17, 15) is 4.79 Å². The number of nitrogens with zero attached hydrogens (tertiary/aromatic N) is 2. The van der Waals surface area contributed by atoms with Crippen LogP contribution in [0.1, 0.15) is 10.6 Å². The number of aliphatic imine (C=N–C) groups is 1. The lowest BCUT2D eigenvalue weighted by atomic mass is 10.3. The zero-order chi connectivity index (χ0) is 12.4. The molecule has 0 radical (unpaired) electrons. The number of thiophene rings is 1. The third-order valence-electron chi connectivity index (χ3n) is 2.32. The second-order valence-corrected chi connectivity index (χ2v) is 4.52. The fourth-order valence-corrected chi connectivity index (χ4v) is 2.17. The van der Waals surface area contributed by atoms with Crippen LogP contribution in [0.25, 0.3) is 6.08 Å². The van der Waals surface area contributed by atoms with E-state index in [1.165, 1.54) is 11.3 Å². The molecular formula is C13H8N2O2S. The third-order valence-corrected chi connectivity index (χ3v) is 3.18. The first kappa shape index (κ1) is 10.9. The highest BCUT2D eigenvalue weighted by atomic mass is 32.1. The van der Waals surface area contributed by atoms with Crippen LogP contribution in [-0.4, -0.2) is 16.9 Å². The van der Waals surface area contributed by atoms with Crippen LogP contribution in [0, 0.1) is 0 Å². The van der Waals surface area contributed by atoms with Gasteiger partial charge in [0.1, 0.15) is 0 Å². The second kappa shape index (κ2) is 4.54. The Morgan fingerprint density at radius 3 is 2.89 bits per heavy atom. The number of cyclic esters (lactones) is 1. The summed E-state index contributed by atoms with van der Waals surface area (Å²) in [6.07, 6.45) is 3.28. The van der Waals surface area contributed by atoms with Crippen molar-refractivity contribution in [1.82, 2.24) is 4.98 Å². The van der Waals surface area contributed by atoms with Gasteiger partial charge in [0.2, 0.25) is 5.90 Å². The average molecular weight is 256 g/mol. The van der Waals surface area contributed by atoms with E-state index in [2.05, 4.69) is 9.98 Å². The Labute approximate surface area is 107 Å². The van der Waals surface area contributed by atoms with Crippen molar-refractivity contribution in [3.63, 3.8) is 0 Å². The molecule has 5 heteroatoms. The smallest absolute Gasteiger partial charge is 0.363 e. The van der Waals surface area contributed by atoms with Crippen LogP contribution in [0.3, 0.4) is 0 Å². The van der Waals surface area contributed by atoms with E-state index in [0.717, 1.165) is 4.88 Å². The Morgan fingerprint density at radius 1 is 1.22 bits per heavy atom. The zero-order valence-electron chi connectivity index (χ0n) is 9.24. The number of hydrogen-bond acceptors (Lipinski definition) is 5. The highest BCUT2D eigenvalue weighted by Gasteiger charge is 2.24. The minimum Gasteiger partial charge on any atom is -0.401 e. The van der Waals surface area contributed by atoms with E-state index >= 15 is 0 Å². The lowest BCUT2D eigenvalue weighted by molar-refractivity contribution is -0.129. The topological polar surface area (TPSA) is 51.5 Å². The Hall–Kier alpha value is -2.27. The Kier molecular flexibility index (Phi) is 2.74. The molecule has 1 aliphatic rings. The first-order valence-corrected chi connectivity index (χ1v) is 6.18. The molecule has 0 saturated heterocycles. The van der Waals surface area contributed by atoms with Crippen molar-refractivity contribution in [3.05, 3.63) is 58.2 Å². The predicted octanol–water partition coefficient (Wildman–Crippen LogP) is 2.49. The molecule has 0 spiro atoms. The Bertz CT molecular complexity index is 630. The summed E-state index contributed by atoms with van der Waals surface area (Å²) in [4.78, 5) is 20.8. The van der Waals surface area contributed by atoms with Gasteiger partial charge in [-0.2, -0.15) is 0 Å². The largest absolute Gasteiger partial charge is 0.401 e. The number of ether oxygens (including phenoxy) is 1.